The Morgan fingerprint density at radius 2 is 1.89 bits per heavy atom. The Hall–Kier alpha value is -1.03. The number of Topliss-reactive ketones (excluding diaryl/α,β-unsaturated/α-hetero) is 1. The molecule has 6 aliphatic rings. The van der Waals surface area contributed by atoms with Crippen LogP contribution >= 0.6 is 23.5 Å². The molecule has 0 aromatic heterocycles. The second-order valence-electron chi connectivity index (χ2n) is 8.81. The Morgan fingerprint density at radius 1 is 1.11 bits per heavy atom. The molecule has 4 saturated heterocycles. The van der Waals surface area contributed by atoms with Gasteiger partial charge in [0.15, 0.2) is 9.74 Å². The Balaban J connectivity index is 1.53. The van der Waals surface area contributed by atoms with Crippen molar-refractivity contribution in [3.05, 3.63) is 12.2 Å². The molecule has 7 nitrogen and oxygen atoms in total. The van der Waals surface area contributed by atoms with Gasteiger partial charge < -0.3 is 20.0 Å². The van der Waals surface area contributed by atoms with E-state index in [-0.39, 0.29) is 41.2 Å². The van der Waals surface area contributed by atoms with Crippen LogP contribution in [0.1, 0.15) is 25.7 Å². The number of fused-ring (bicyclic) bond motifs is 4. The predicted octanol–water partition coefficient (Wildman–Crippen LogP) is -0.0403. The summed E-state index contributed by atoms with van der Waals surface area (Å²) in [5.41, 5.74) is 0. The maximum atomic E-state index is 14.0. The third-order valence-corrected chi connectivity index (χ3v) is 10.7. The van der Waals surface area contributed by atoms with Crippen LogP contribution in [-0.2, 0) is 14.4 Å². The highest BCUT2D eigenvalue weighted by Crippen LogP contribution is 2.66. The lowest BCUT2D eigenvalue weighted by Gasteiger charge is -2.56. The Morgan fingerprint density at radius 3 is 2.64 bits per heavy atom. The van der Waals surface area contributed by atoms with E-state index in [4.69, 9.17) is 0 Å². The fourth-order valence-electron chi connectivity index (χ4n) is 6.63. The Kier molecular flexibility index (Phi) is 3.41. The van der Waals surface area contributed by atoms with Crippen molar-refractivity contribution in [2.45, 2.75) is 65.0 Å². The van der Waals surface area contributed by atoms with Crippen LogP contribution in [0.4, 0.5) is 0 Å². The van der Waals surface area contributed by atoms with Gasteiger partial charge in [-0.05, 0) is 19.1 Å². The number of amides is 2. The van der Waals surface area contributed by atoms with Gasteiger partial charge in [0.25, 0.3) is 11.8 Å². The van der Waals surface area contributed by atoms with Crippen molar-refractivity contribution in [2.24, 2.45) is 11.8 Å². The summed E-state index contributed by atoms with van der Waals surface area (Å²) in [6, 6.07) is -1.01. The van der Waals surface area contributed by atoms with Gasteiger partial charge in [-0.2, -0.15) is 0 Å². The van der Waals surface area contributed by atoms with Crippen molar-refractivity contribution >= 4 is 41.1 Å². The fourth-order valence-corrected chi connectivity index (χ4v) is 9.51. The van der Waals surface area contributed by atoms with Gasteiger partial charge in [-0.25, -0.2) is 0 Å². The number of carbonyl (C=O) groups is 3. The number of thioether (sulfide) groups is 2. The molecule has 9 heteroatoms. The monoisotopic (exact) mass is 422 g/mol. The van der Waals surface area contributed by atoms with E-state index in [1.165, 1.54) is 23.5 Å². The van der Waals surface area contributed by atoms with Gasteiger partial charge in [0.2, 0.25) is 0 Å². The van der Waals surface area contributed by atoms with Crippen LogP contribution in [0.3, 0.4) is 0 Å². The van der Waals surface area contributed by atoms with Crippen LogP contribution in [0, 0.1) is 11.8 Å². The minimum Gasteiger partial charge on any atom is -0.391 e. The van der Waals surface area contributed by atoms with Crippen LogP contribution in [0.15, 0.2) is 12.2 Å². The predicted molar refractivity (Wildman–Crippen MR) is 103 cm³/mol. The minimum absolute atomic E-state index is 0.0359. The third-order valence-electron chi connectivity index (χ3n) is 7.77. The lowest BCUT2D eigenvalue weighted by Crippen LogP contribution is -2.76. The topological polar surface area (TPSA) is 98.2 Å². The number of piperazine rings is 1. The summed E-state index contributed by atoms with van der Waals surface area (Å²) >= 11 is 2.79. The van der Waals surface area contributed by atoms with E-state index in [2.05, 4.69) is 0 Å². The standard InChI is InChI=1S/C19H22N2O5S2/c1-27-18-6-8-10(22)2-3-11(23)14(8)20(18)17(26)19-7-9-13(28-19)5-4-12(24)15(9)21(19)16(18)25/h4-5,8-9,11-15,23-24H,2-3,6-7H2,1H3/t8?,9-,11-,12-,13-,14-,15-,18+,19+/m0/s1. The molecule has 0 aromatic carbocycles. The van der Waals surface area contributed by atoms with Gasteiger partial charge in [-0.3, -0.25) is 14.4 Å². The molecule has 6 rings (SSSR count). The van der Waals surface area contributed by atoms with Gasteiger partial charge in [-0.15, -0.1) is 23.5 Å². The maximum absolute atomic E-state index is 14.0. The molecule has 9 atom stereocenters. The second kappa shape index (κ2) is 5.36. The fraction of sp³-hybridized carbons (Fsp3) is 0.737. The molecule has 2 amide bonds. The molecule has 5 fully saturated rings. The molecule has 2 aliphatic carbocycles. The van der Waals surface area contributed by atoms with Crippen molar-refractivity contribution in [2.75, 3.05) is 6.26 Å². The summed E-state index contributed by atoms with van der Waals surface area (Å²) in [6.07, 6.45) is 5.35. The molecule has 2 N–H and O–H groups in total. The number of ketones is 1. The van der Waals surface area contributed by atoms with Crippen LogP contribution in [0.25, 0.3) is 0 Å². The number of aliphatic hydroxyl groups is 2. The average Bonchev–Trinajstić information content (AvgIpc) is 3.34. The number of hydrogen-bond donors (Lipinski definition) is 2. The molecule has 150 valence electrons. The van der Waals surface area contributed by atoms with E-state index in [0.717, 1.165) is 0 Å². The number of carbonyl (C=O) groups excluding carboxylic acids is 3. The average molecular weight is 423 g/mol. The summed E-state index contributed by atoms with van der Waals surface area (Å²) in [7, 11) is 0. The summed E-state index contributed by atoms with van der Waals surface area (Å²) < 4.78 is 0. The zero-order valence-electron chi connectivity index (χ0n) is 15.4. The Labute approximate surface area is 170 Å². The first-order valence-electron chi connectivity index (χ1n) is 9.83. The molecule has 2 bridgehead atoms. The highest BCUT2D eigenvalue weighted by molar-refractivity contribution is 8.02. The molecule has 1 saturated carbocycles. The normalized spacial score (nSPS) is 53.5. The van der Waals surface area contributed by atoms with Crippen molar-refractivity contribution in [1.82, 2.24) is 9.80 Å². The lowest BCUT2D eigenvalue weighted by molar-refractivity contribution is -0.170. The summed E-state index contributed by atoms with van der Waals surface area (Å²) in [6.45, 7) is 0. The van der Waals surface area contributed by atoms with Crippen molar-refractivity contribution < 1.29 is 24.6 Å². The lowest BCUT2D eigenvalue weighted by atomic mass is 9.81. The molecule has 1 spiro atoms. The van der Waals surface area contributed by atoms with E-state index in [1.54, 1.807) is 22.1 Å². The van der Waals surface area contributed by atoms with Gasteiger partial charge in [0, 0.05) is 29.9 Å². The van der Waals surface area contributed by atoms with E-state index < -0.39 is 33.9 Å². The van der Waals surface area contributed by atoms with E-state index in [0.29, 0.717) is 19.3 Å². The molecular formula is C19H22N2O5S2. The highest BCUT2D eigenvalue weighted by Gasteiger charge is 2.78. The zero-order valence-corrected chi connectivity index (χ0v) is 17.0. The van der Waals surface area contributed by atoms with Crippen LogP contribution < -0.4 is 0 Å². The molecule has 4 aliphatic heterocycles. The first-order valence-corrected chi connectivity index (χ1v) is 11.9. The molecular weight excluding hydrogens is 400 g/mol. The number of rotatable bonds is 1. The molecule has 0 radical (unpaired) electrons. The first-order chi connectivity index (χ1) is 13.4. The van der Waals surface area contributed by atoms with Crippen molar-refractivity contribution in [3.8, 4) is 0 Å². The van der Waals surface area contributed by atoms with Gasteiger partial charge >= 0.3 is 0 Å². The maximum Gasteiger partial charge on any atom is 0.261 e. The van der Waals surface area contributed by atoms with E-state index >= 15 is 0 Å². The summed E-state index contributed by atoms with van der Waals surface area (Å²) in [5, 5.41) is 21.5. The van der Waals surface area contributed by atoms with Crippen LogP contribution in [0.2, 0.25) is 0 Å². The van der Waals surface area contributed by atoms with Crippen molar-refractivity contribution in [1.29, 1.82) is 0 Å². The Bertz CT molecular complexity index is 850. The number of nitrogens with zero attached hydrogens (tertiary/aromatic N) is 2. The molecule has 28 heavy (non-hydrogen) atoms. The highest BCUT2D eigenvalue weighted by atomic mass is 32.2. The SMILES string of the molecule is CS[C@@]12CC3C(=O)CC[C@H](O)[C@H]3N1C(=O)[C@@]13C[C@@H]4[C@@H]([C@@H](O)C=C[C@@H]4S1)N3C2=O. The van der Waals surface area contributed by atoms with E-state index in [9.17, 15) is 24.6 Å². The molecule has 1 unspecified atom stereocenters. The van der Waals surface area contributed by atoms with Crippen LogP contribution in [-0.4, -0.2) is 83.1 Å². The minimum atomic E-state index is -1.17. The zero-order chi connectivity index (χ0) is 19.6. The molecule has 4 heterocycles. The second-order valence-corrected chi connectivity index (χ2v) is 11.4. The third kappa shape index (κ3) is 1.73. The van der Waals surface area contributed by atoms with E-state index in [1.807, 2.05) is 6.08 Å². The van der Waals surface area contributed by atoms with Crippen molar-refractivity contribution in [3.63, 3.8) is 0 Å². The van der Waals surface area contributed by atoms with Gasteiger partial charge in [0.1, 0.15) is 5.78 Å². The quantitative estimate of drug-likeness (QED) is 0.572. The summed E-state index contributed by atoms with van der Waals surface area (Å²) in [5.74, 6) is -0.739. The van der Waals surface area contributed by atoms with Gasteiger partial charge in [0.05, 0.1) is 24.3 Å². The molecule has 0 aromatic rings. The number of hydrogen-bond acceptors (Lipinski definition) is 7. The smallest absolute Gasteiger partial charge is 0.261 e. The number of aliphatic hydroxyl groups excluding tert-OH is 2. The summed E-state index contributed by atoms with van der Waals surface area (Å²) in [4.78, 5) is 41.6. The first kappa shape index (κ1) is 17.8. The van der Waals surface area contributed by atoms with Crippen LogP contribution in [0.5, 0.6) is 0 Å². The van der Waals surface area contributed by atoms with Gasteiger partial charge in [-0.1, -0.05) is 12.2 Å². The largest absolute Gasteiger partial charge is 0.391 e.